The lowest BCUT2D eigenvalue weighted by molar-refractivity contribution is 0.0715. The molecule has 4 rings (SSSR count). The standard InChI is InChI=1S/C19H18F2N6S/c20-18(21)27-16-6-2-1-5-15(16)26(19(27)28)13-24-8-10-25(11-9-24)17-14(12-22)4-3-7-23-17/h1-7,18H,8-11,13H2. The molecule has 0 N–H and O–H groups in total. The van der Waals surface area contributed by atoms with Crippen LogP contribution in [0.25, 0.3) is 11.0 Å². The molecule has 0 saturated carbocycles. The first-order valence-electron chi connectivity index (χ1n) is 8.90. The highest BCUT2D eigenvalue weighted by molar-refractivity contribution is 7.71. The number of rotatable bonds is 4. The summed E-state index contributed by atoms with van der Waals surface area (Å²) in [5.41, 5.74) is 1.69. The number of anilines is 1. The van der Waals surface area contributed by atoms with Gasteiger partial charge in [0.15, 0.2) is 4.77 Å². The zero-order valence-corrected chi connectivity index (χ0v) is 15.8. The molecule has 9 heteroatoms. The predicted molar refractivity (Wildman–Crippen MR) is 105 cm³/mol. The molecule has 0 spiro atoms. The van der Waals surface area contributed by atoms with Gasteiger partial charge in [-0.1, -0.05) is 12.1 Å². The summed E-state index contributed by atoms with van der Waals surface area (Å²) >= 11 is 5.33. The second kappa shape index (κ2) is 7.66. The first kappa shape index (κ1) is 18.5. The van der Waals surface area contributed by atoms with Crippen molar-refractivity contribution >= 4 is 29.1 Å². The van der Waals surface area contributed by atoms with Gasteiger partial charge in [-0.15, -0.1) is 0 Å². The van der Waals surface area contributed by atoms with Crippen LogP contribution in [0.5, 0.6) is 0 Å². The van der Waals surface area contributed by atoms with Crippen molar-refractivity contribution in [3.05, 3.63) is 52.9 Å². The van der Waals surface area contributed by atoms with Gasteiger partial charge >= 0.3 is 6.55 Å². The Morgan fingerprint density at radius 2 is 1.79 bits per heavy atom. The molecule has 0 unspecified atom stereocenters. The Bertz CT molecular complexity index is 1090. The third-order valence-electron chi connectivity index (χ3n) is 4.98. The molecule has 3 aromatic rings. The predicted octanol–water partition coefficient (Wildman–Crippen LogP) is 3.61. The lowest BCUT2D eigenvalue weighted by atomic mass is 10.2. The van der Waals surface area contributed by atoms with Gasteiger partial charge in [0.2, 0.25) is 0 Å². The Morgan fingerprint density at radius 1 is 1.07 bits per heavy atom. The molecule has 0 radical (unpaired) electrons. The number of aromatic nitrogens is 3. The van der Waals surface area contributed by atoms with E-state index in [0.29, 0.717) is 42.2 Å². The minimum Gasteiger partial charge on any atom is -0.353 e. The minimum absolute atomic E-state index is 0.120. The van der Waals surface area contributed by atoms with Gasteiger partial charge in [0.25, 0.3) is 0 Å². The highest BCUT2D eigenvalue weighted by Gasteiger charge is 2.22. The number of nitrogens with zero attached hydrogens (tertiary/aromatic N) is 6. The average molecular weight is 400 g/mol. The van der Waals surface area contributed by atoms with Gasteiger partial charge in [0.1, 0.15) is 11.9 Å². The van der Waals surface area contributed by atoms with Gasteiger partial charge < -0.3 is 9.47 Å². The van der Waals surface area contributed by atoms with E-state index in [1.54, 1.807) is 35.0 Å². The zero-order valence-electron chi connectivity index (χ0n) is 15.0. The largest absolute Gasteiger partial charge is 0.353 e. The fourth-order valence-electron chi connectivity index (χ4n) is 3.59. The van der Waals surface area contributed by atoms with Crippen LogP contribution in [-0.2, 0) is 6.67 Å². The monoisotopic (exact) mass is 400 g/mol. The molecule has 1 saturated heterocycles. The van der Waals surface area contributed by atoms with Gasteiger partial charge in [-0.05, 0) is 36.5 Å². The Labute approximate surface area is 165 Å². The van der Waals surface area contributed by atoms with Gasteiger partial charge in [-0.25, -0.2) is 4.98 Å². The zero-order chi connectivity index (χ0) is 19.7. The number of hydrogen-bond donors (Lipinski definition) is 0. The summed E-state index contributed by atoms with van der Waals surface area (Å²) in [6.07, 6.45) is 1.68. The van der Waals surface area contributed by atoms with Crippen molar-refractivity contribution in [2.24, 2.45) is 0 Å². The molecule has 1 aromatic carbocycles. The second-order valence-corrected chi connectivity index (χ2v) is 6.95. The summed E-state index contributed by atoms with van der Waals surface area (Å²) in [7, 11) is 0. The minimum atomic E-state index is -2.68. The van der Waals surface area contributed by atoms with E-state index in [0.717, 1.165) is 17.7 Å². The van der Waals surface area contributed by atoms with E-state index < -0.39 is 6.55 Å². The lowest BCUT2D eigenvalue weighted by Crippen LogP contribution is -2.47. The molecule has 0 atom stereocenters. The number of piperazine rings is 1. The Kier molecular flexibility index (Phi) is 5.07. The number of benzene rings is 1. The smallest absolute Gasteiger partial charge is 0.321 e. The first-order valence-corrected chi connectivity index (χ1v) is 9.31. The fraction of sp³-hybridized carbons (Fsp3) is 0.316. The van der Waals surface area contributed by atoms with Crippen molar-refractivity contribution in [3.63, 3.8) is 0 Å². The molecule has 1 aliphatic rings. The number of nitriles is 1. The maximum absolute atomic E-state index is 13.5. The van der Waals surface area contributed by atoms with E-state index in [4.69, 9.17) is 12.2 Å². The summed E-state index contributed by atoms with van der Waals surface area (Å²) in [6.45, 7) is 0.609. The average Bonchev–Trinajstić information content (AvgIpc) is 3.00. The molecule has 2 aromatic heterocycles. The van der Waals surface area contributed by atoms with Crippen LogP contribution in [0.2, 0.25) is 0 Å². The summed E-state index contributed by atoms with van der Waals surface area (Å²) in [5, 5.41) is 9.27. The van der Waals surface area contributed by atoms with Gasteiger partial charge in [-0.3, -0.25) is 9.47 Å². The quantitative estimate of drug-likeness (QED) is 0.626. The number of fused-ring (bicyclic) bond motifs is 1. The summed E-state index contributed by atoms with van der Waals surface area (Å²) < 4.78 is 29.8. The molecule has 28 heavy (non-hydrogen) atoms. The normalized spacial score (nSPS) is 15.3. The number of alkyl halides is 2. The number of imidazole rings is 1. The SMILES string of the molecule is N#Cc1cccnc1N1CCN(Cn2c(=S)n(C(F)F)c3ccccc32)CC1. The number of halogens is 2. The number of pyridine rings is 1. The third-order valence-corrected chi connectivity index (χ3v) is 5.40. The van der Waals surface area contributed by atoms with Gasteiger partial charge in [0.05, 0.1) is 23.3 Å². The van der Waals surface area contributed by atoms with Crippen molar-refractivity contribution in [2.75, 3.05) is 31.1 Å². The highest BCUT2D eigenvalue weighted by atomic mass is 32.1. The number of hydrogen-bond acceptors (Lipinski definition) is 5. The lowest BCUT2D eigenvalue weighted by Gasteiger charge is -2.35. The van der Waals surface area contributed by atoms with Crippen LogP contribution in [0.4, 0.5) is 14.6 Å². The third kappa shape index (κ3) is 3.25. The molecular weight excluding hydrogens is 382 g/mol. The van der Waals surface area contributed by atoms with E-state index in [1.807, 2.05) is 12.1 Å². The Hall–Kier alpha value is -2.83. The summed E-state index contributed by atoms with van der Waals surface area (Å²) in [5.74, 6) is 0.690. The molecular formula is C19H18F2N6S. The second-order valence-electron chi connectivity index (χ2n) is 6.58. The van der Waals surface area contributed by atoms with E-state index in [2.05, 4.69) is 20.9 Å². The maximum Gasteiger partial charge on any atom is 0.321 e. The van der Waals surface area contributed by atoms with Crippen LogP contribution in [0.3, 0.4) is 0 Å². The van der Waals surface area contributed by atoms with Crippen LogP contribution in [0.1, 0.15) is 12.1 Å². The van der Waals surface area contributed by atoms with Crippen molar-refractivity contribution in [3.8, 4) is 6.07 Å². The Balaban J connectivity index is 1.54. The van der Waals surface area contributed by atoms with Crippen molar-refractivity contribution in [1.82, 2.24) is 19.0 Å². The summed E-state index contributed by atoms with van der Waals surface area (Å²) in [4.78, 5) is 8.59. The fourth-order valence-corrected chi connectivity index (χ4v) is 3.93. The Morgan fingerprint density at radius 3 is 2.46 bits per heavy atom. The van der Waals surface area contributed by atoms with Crippen LogP contribution in [-0.4, -0.2) is 45.2 Å². The van der Waals surface area contributed by atoms with Crippen molar-refractivity contribution in [2.45, 2.75) is 13.2 Å². The van der Waals surface area contributed by atoms with Gasteiger partial charge in [-0.2, -0.15) is 14.0 Å². The molecule has 6 nitrogen and oxygen atoms in total. The molecule has 3 heterocycles. The van der Waals surface area contributed by atoms with Crippen LogP contribution < -0.4 is 4.90 Å². The molecule has 0 aliphatic carbocycles. The number of para-hydroxylation sites is 2. The van der Waals surface area contributed by atoms with Crippen molar-refractivity contribution < 1.29 is 8.78 Å². The van der Waals surface area contributed by atoms with Crippen LogP contribution in [0.15, 0.2) is 42.6 Å². The topological polar surface area (TPSA) is 53.0 Å². The molecule has 144 valence electrons. The van der Waals surface area contributed by atoms with Gasteiger partial charge in [0, 0.05) is 32.4 Å². The van der Waals surface area contributed by atoms with E-state index >= 15 is 0 Å². The highest BCUT2D eigenvalue weighted by Crippen LogP contribution is 2.25. The molecule has 0 amide bonds. The molecule has 1 fully saturated rings. The van der Waals surface area contributed by atoms with Crippen LogP contribution >= 0.6 is 12.2 Å². The first-order chi connectivity index (χ1) is 13.6. The summed E-state index contributed by atoms with van der Waals surface area (Å²) in [6, 6.07) is 12.7. The van der Waals surface area contributed by atoms with Crippen LogP contribution in [0, 0.1) is 16.1 Å². The molecule has 0 bridgehead atoms. The van der Waals surface area contributed by atoms with E-state index in [-0.39, 0.29) is 4.77 Å². The maximum atomic E-state index is 13.5. The molecule has 1 aliphatic heterocycles. The van der Waals surface area contributed by atoms with E-state index in [9.17, 15) is 14.0 Å². The van der Waals surface area contributed by atoms with E-state index in [1.165, 1.54) is 0 Å². The van der Waals surface area contributed by atoms with Crippen molar-refractivity contribution in [1.29, 1.82) is 5.26 Å².